The van der Waals surface area contributed by atoms with Crippen LogP contribution in [0.1, 0.15) is 32.1 Å². The second kappa shape index (κ2) is 8.78. The van der Waals surface area contributed by atoms with Gasteiger partial charge in [0.05, 0.1) is 17.2 Å². The second-order valence-electron chi connectivity index (χ2n) is 6.33. The van der Waals surface area contributed by atoms with Crippen LogP contribution in [0.15, 0.2) is 33.8 Å². The van der Waals surface area contributed by atoms with Crippen molar-refractivity contribution in [3.63, 3.8) is 0 Å². The Morgan fingerprint density at radius 1 is 1.32 bits per heavy atom. The standard InChI is InChI=1S/C17H21BrN4O2.ClH/c18-11-1-6-15-14(9-11)17(24)22(10-20-15)8-7-16(23)21-13-4-2-12(19)3-5-13;/h1,6,9-10,12-13H,2-5,7-8,19H2,(H,21,23);1H. The minimum absolute atomic E-state index is 0. The number of nitrogens with two attached hydrogens (primary N) is 1. The number of halogens is 2. The van der Waals surface area contributed by atoms with Crippen molar-refractivity contribution in [3.05, 3.63) is 39.4 Å². The largest absolute Gasteiger partial charge is 0.353 e. The van der Waals surface area contributed by atoms with E-state index in [-0.39, 0.29) is 42.4 Å². The number of nitrogens with one attached hydrogen (secondary N) is 1. The van der Waals surface area contributed by atoms with Crippen LogP contribution >= 0.6 is 28.3 Å². The summed E-state index contributed by atoms with van der Waals surface area (Å²) in [6.45, 7) is 0.326. The molecule has 1 fully saturated rings. The lowest BCUT2D eigenvalue weighted by atomic mass is 9.92. The van der Waals surface area contributed by atoms with Gasteiger partial charge in [-0.3, -0.25) is 14.2 Å². The fourth-order valence-corrected chi connectivity index (χ4v) is 3.44. The van der Waals surface area contributed by atoms with Crippen LogP contribution in [0.4, 0.5) is 0 Å². The second-order valence-corrected chi connectivity index (χ2v) is 7.25. The first kappa shape index (κ1) is 19.9. The summed E-state index contributed by atoms with van der Waals surface area (Å²) in [4.78, 5) is 28.9. The molecule has 1 saturated carbocycles. The third kappa shape index (κ3) is 5.03. The summed E-state index contributed by atoms with van der Waals surface area (Å²) >= 11 is 3.36. The van der Waals surface area contributed by atoms with Gasteiger partial charge in [0.25, 0.3) is 5.56 Å². The number of amides is 1. The monoisotopic (exact) mass is 428 g/mol. The Hall–Kier alpha value is -1.44. The van der Waals surface area contributed by atoms with Crippen LogP contribution in [0.25, 0.3) is 10.9 Å². The van der Waals surface area contributed by atoms with Crippen molar-refractivity contribution < 1.29 is 4.79 Å². The lowest BCUT2D eigenvalue weighted by molar-refractivity contribution is -0.122. The Kier molecular flexibility index (Phi) is 6.98. The molecule has 0 bridgehead atoms. The maximum atomic E-state index is 12.5. The molecule has 6 nitrogen and oxygen atoms in total. The molecule has 2 aromatic rings. The molecule has 0 atom stereocenters. The fourth-order valence-electron chi connectivity index (χ4n) is 3.08. The maximum Gasteiger partial charge on any atom is 0.261 e. The van der Waals surface area contributed by atoms with E-state index in [9.17, 15) is 9.59 Å². The summed E-state index contributed by atoms with van der Waals surface area (Å²) in [5.41, 5.74) is 6.40. The Balaban J connectivity index is 0.00000225. The van der Waals surface area contributed by atoms with Gasteiger partial charge in [-0.1, -0.05) is 15.9 Å². The number of nitrogens with zero attached hydrogens (tertiary/aromatic N) is 2. The van der Waals surface area contributed by atoms with Gasteiger partial charge in [-0.05, 0) is 43.9 Å². The Bertz CT molecular complexity index is 803. The number of aryl methyl sites for hydroxylation is 1. The zero-order valence-electron chi connectivity index (χ0n) is 13.8. The van der Waals surface area contributed by atoms with Gasteiger partial charge in [0.15, 0.2) is 0 Å². The summed E-state index contributed by atoms with van der Waals surface area (Å²) in [6.07, 6.45) is 5.54. The number of hydrogen-bond donors (Lipinski definition) is 2. The van der Waals surface area contributed by atoms with Crippen LogP contribution in [-0.2, 0) is 11.3 Å². The maximum absolute atomic E-state index is 12.5. The first-order chi connectivity index (χ1) is 11.5. The smallest absolute Gasteiger partial charge is 0.261 e. The molecule has 1 aromatic heterocycles. The molecule has 3 N–H and O–H groups in total. The van der Waals surface area contributed by atoms with Crippen LogP contribution in [0.2, 0.25) is 0 Å². The Morgan fingerprint density at radius 2 is 2.04 bits per heavy atom. The molecule has 0 aliphatic heterocycles. The van der Waals surface area contributed by atoms with Gasteiger partial charge < -0.3 is 11.1 Å². The highest BCUT2D eigenvalue weighted by atomic mass is 79.9. The van der Waals surface area contributed by atoms with E-state index >= 15 is 0 Å². The molecular weight excluding hydrogens is 408 g/mol. The first-order valence-electron chi connectivity index (χ1n) is 8.22. The van der Waals surface area contributed by atoms with Crippen LogP contribution in [-0.4, -0.2) is 27.5 Å². The highest BCUT2D eigenvalue weighted by molar-refractivity contribution is 9.10. The Labute approximate surface area is 160 Å². The van der Waals surface area contributed by atoms with Crippen molar-refractivity contribution >= 4 is 45.1 Å². The quantitative estimate of drug-likeness (QED) is 0.780. The number of rotatable bonds is 4. The van der Waals surface area contributed by atoms with Crippen LogP contribution in [0.3, 0.4) is 0 Å². The summed E-state index contributed by atoms with van der Waals surface area (Å²) in [7, 11) is 0. The lowest BCUT2D eigenvalue weighted by Gasteiger charge is -2.26. The molecule has 1 aliphatic rings. The average Bonchev–Trinajstić information content (AvgIpc) is 2.57. The van der Waals surface area contributed by atoms with Crippen molar-refractivity contribution in [1.29, 1.82) is 0 Å². The van der Waals surface area contributed by atoms with Gasteiger partial charge in [-0.2, -0.15) is 0 Å². The normalized spacial score (nSPS) is 20.1. The van der Waals surface area contributed by atoms with Gasteiger partial charge >= 0.3 is 0 Å². The van der Waals surface area contributed by atoms with Gasteiger partial charge in [0, 0.05) is 29.5 Å². The van der Waals surface area contributed by atoms with E-state index < -0.39 is 0 Å². The van der Waals surface area contributed by atoms with Crippen molar-refractivity contribution in [3.8, 4) is 0 Å². The Morgan fingerprint density at radius 3 is 2.76 bits per heavy atom. The van der Waals surface area contributed by atoms with Gasteiger partial charge in [0.2, 0.25) is 5.91 Å². The number of fused-ring (bicyclic) bond motifs is 1. The molecule has 8 heteroatoms. The minimum atomic E-state index is -0.127. The highest BCUT2D eigenvalue weighted by Gasteiger charge is 2.19. The van der Waals surface area contributed by atoms with Gasteiger partial charge in [-0.15, -0.1) is 12.4 Å². The van der Waals surface area contributed by atoms with E-state index in [0.717, 1.165) is 30.2 Å². The van der Waals surface area contributed by atoms with Crippen molar-refractivity contribution in [1.82, 2.24) is 14.9 Å². The first-order valence-corrected chi connectivity index (χ1v) is 9.02. The summed E-state index contributed by atoms with van der Waals surface area (Å²) in [6, 6.07) is 5.88. The van der Waals surface area contributed by atoms with Crippen LogP contribution in [0, 0.1) is 0 Å². The van der Waals surface area contributed by atoms with Crippen LogP contribution < -0.4 is 16.6 Å². The molecular formula is C17H22BrClN4O2. The molecule has 0 spiro atoms. The minimum Gasteiger partial charge on any atom is -0.353 e. The van der Waals surface area contributed by atoms with E-state index in [2.05, 4.69) is 26.2 Å². The zero-order valence-corrected chi connectivity index (χ0v) is 16.2. The summed E-state index contributed by atoms with van der Waals surface area (Å²) in [5.74, 6) is -0.0308. The summed E-state index contributed by atoms with van der Waals surface area (Å²) in [5, 5.41) is 3.59. The van der Waals surface area contributed by atoms with E-state index in [4.69, 9.17) is 5.73 Å². The van der Waals surface area contributed by atoms with Crippen molar-refractivity contribution in [2.45, 2.75) is 50.7 Å². The number of aromatic nitrogens is 2. The van der Waals surface area contributed by atoms with E-state index in [1.807, 2.05) is 6.07 Å². The topological polar surface area (TPSA) is 90.0 Å². The number of hydrogen-bond acceptors (Lipinski definition) is 4. The molecule has 0 saturated heterocycles. The third-order valence-electron chi connectivity index (χ3n) is 4.50. The number of carbonyl (C=O) groups is 1. The predicted molar refractivity (Wildman–Crippen MR) is 104 cm³/mol. The molecule has 1 aromatic carbocycles. The SMILES string of the molecule is Cl.NC1CCC(NC(=O)CCn2cnc3ccc(Br)cc3c2=O)CC1. The number of benzene rings is 1. The predicted octanol–water partition coefficient (Wildman–Crippen LogP) is 2.36. The molecule has 1 aliphatic carbocycles. The van der Waals surface area contributed by atoms with Gasteiger partial charge in [-0.25, -0.2) is 4.98 Å². The molecule has 136 valence electrons. The van der Waals surface area contributed by atoms with Crippen LogP contribution in [0.5, 0.6) is 0 Å². The van der Waals surface area contributed by atoms with Gasteiger partial charge in [0.1, 0.15) is 0 Å². The molecule has 0 unspecified atom stereocenters. The number of carbonyl (C=O) groups excluding carboxylic acids is 1. The molecule has 0 radical (unpaired) electrons. The lowest BCUT2D eigenvalue weighted by Crippen LogP contribution is -2.40. The van der Waals surface area contributed by atoms with E-state index in [1.165, 1.54) is 10.9 Å². The fraction of sp³-hybridized carbons (Fsp3) is 0.471. The van der Waals surface area contributed by atoms with Crippen molar-refractivity contribution in [2.75, 3.05) is 0 Å². The highest BCUT2D eigenvalue weighted by Crippen LogP contribution is 2.17. The summed E-state index contributed by atoms with van der Waals surface area (Å²) < 4.78 is 2.32. The molecule has 1 amide bonds. The zero-order chi connectivity index (χ0) is 17.1. The van der Waals surface area contributed by atoms with E-state index in [0.29, 0.717) is 17.4 Å². The molecule has 3 rings (SSSR count). The van der Waals surface area contributed by atoms with E-state index in [1.54, 1.807) is 12.1 Å². The molecule has 25 heavy (non-hydrogen) atoms. The van der Waals surface area contributed by atoms with Crippen molar-refractivity contribution in [2.24, 2.45) is 5.73 Å². The third-order valence-corrected chi connectivity index (χ3v) is 5.00. The molecule has 1 heterocycles. The average molecular weight is 430 g/mol.